The van der Waals surface area contributed by atoms with Crippen LogP contribution in [0.3, 0.4) is 0 Å². The average Bonchev–Trinajstić information content (AvgIpc) is 3.18. The third-order valence-corrected chi connectivity index (χ3v) is 11.6. The molecule has 0 unspecified atom stereocenters. The zero-order valence-electron chi connectivity index (χ0n) is 29.4. The van der Waals surface area contributed by atoms with Crippen LogP contribution in [0, 0.1) is 11.8 Å². The van der Waals surface area contributed by atoms with Crippen LogP contribution < -0.4 is 9.47 Å². The number of hydrogen-bond donors (Lipinski definition) is 0. The highest BCUT2D eigenvalue weighted by atomic mass is 32.2. The first-order valence-electron chi connectivity index (χ1n) is 16.3. The molecule has 0 aromatic heterocycles. The fourth-order valence-electron chi connectivity index (χ4n) is 4.62. The minimum absolute atomic E-state index is 0.0363. The number of esters is 2. The quantitative estimate of drug-likeness (QED) is 0.0471. The molecular weight excluding hydrogens is 823 g/mol. The van der Waals surface area contributed by atoms with Crippen LogP contribution in [0.15, 0.2) is 73.3 Å². The van der Waals surface area contributed by atoms with Gasteiger partial charge < -0.3 is 28.4 Å². The summed E-state index contributed by atoms with van der Waals surface area (Å²) in [6, 6.07) is 11.1. The molecule has 1 saturated carbocycles. The van der Waals surface area contributed by atoms with Gasteiger partial charge in [-0.15, -0.1) is 0 Å². The van der Waals surface area contributed by atoms with Crippen molar-refractivity contribution in [3.63, 3.8) is 0 Å². The van der Waals surface area contributed by atoms with Crippen molar-refractivity contribution in [2.45, 2.75) is 25.7 Å². The molecule has 0 spiro atoms. The molecule has 3 rings (SSSR count). The second kappa shape index (κ2) is 24.1. The number of hydrogen-bond acceptors (Lipinski definition) is 18. The first-order valence-corrected chi connectivity index (χ1v) is 20.3. The van der Waals surface area contributed by atoms with Crippen LogP contribution in [-0.2, 0) is 38.1 Å². The van der Waals surface area contributed by atoms with E-state index >= 15 is 0 Å². The number of halogens is 2. The standard InChI is InChI=1S/C36H34F2O14S4/c1-21(37)29(39)47-19-49-35(45)51-25-11-7-23(8-12-25)31(41)53-15-17-55-33(43)27-5-3-4-6-28(27)34(44)56-18-16-54-32(42)24-9-13-26(14-10-24)52-36(46)50-20-48-30(40)22(2)38/h7-14,27-28H,1-6,15-20H2/t27-,28-/m0/s1. The highest BCUT2D eigenvalue weighted by molar-refractivity contribution is 8.17. The Morgan fingerprint density at radius 3 is 1.21 bits per heavy atom. The Bertz CT molecular complexity index is 1660. The van der Waals surface area contributed by atoms with E-state index in [-0.39, 0.29) is 32.0 Å². The SMILES string of the molecule is C=C(F)C(=O)OCOC(=O)Oc1ccc(C(=O)SCCSC(=O)[C@H]2CCCC[C@@H]2C(=O)SCCSC(=O)c2ccc(OC(=O)OCOC(=O)C(=C)F)cc2)cc1. The molecular formula is C36H34F2O14S4. The smallest absolute Gasteiger partial charge is 0.422 e. The summed E-state index contributed by atoms with van der Waals surface area (Å²) >= 11 is 4.16. The second-order valence-electron chi connectivity index (χ2n) is 11.1. The molecule has 300 valence electrons. The third-order valence-electron chi connectivity index (χ3n) is 7.25. The molecule has 56 heavy (non-hydrogen) atoms. The Morgan fingerprint density at radius 2 is 0.875 bits per heavy atom. The molecule has 2 atom stereocenters. The van der Waals surface area contributed by atoms with Gasteiger partial charge in [0.15, 0.2) is 10.2 Å². The summed E-state index contributed by atoms with van der Waals surface area (Å²) in [6.07, 6.45) is 0.364. The zero-order valence-corrected chi connectivity index (χ0v) is 32.6. The zero-order chi connectivity index (χ0) is 41.0. The van der Waals surface area contributed by atoms with E-state index in [1.54, 1.807) is 0 Å². The molecule has 0 N–H and O–H groups in total. The van der Waals surface area contributed by atoms with Gasteiger partial charge in [-0.3, -0.25) is 19.2 Å². The van der Waals surface area contributed by atoms with E-state index in [0.29, 0.717) is 47.0 Å². The number of benzene rings is 2. The average molecular weight is 857 g/mol. The minimum atomic E-state index is -1.39. The van der Waals surface area contributed by atoms with Gasteiger partial charge >= 0.3 is 24.2 Å². The van der Waals surface area contributed by atoms with Gasteiger partial charge in [-0.25, -0.2) is 19.2 Å². The first kappa shape index (κ1) is 45.7. The molecule has 2 aromatic rings. The number of carbonyl (C=O) groups excluding carboxylic acids is 8. The van der Waals surface area contributed by atoms with Gasteiger partial charge in [-0.1, -0.05) is 73.0 Å². The van der Waals surface area contributed by atoms with Crippen LogP contribution in [0.1, 0.15) is 46.4 Å². The fourth-order valence-corrected chi connectivity index (χ4v) is 8.32. The Kier molecular flexibility index (Phi) is 19.7. The van der Waals surface area contributed by atoms with Gasteiger partial charge in [0.25, 0.3) is 0 Å². The Labute approximate surface area is 336 Å². The van der Waals surface area contributed by atoms with E-state index in [1.807, 2.05) is 0 Å². The van der Waals surface area contributed by atoms with Crippen molar-refractivity contribution in [3.05, 3.63) is 84.5 Å². The summed E-state index contributed by atoms with van der Waals surface area (Å²) in [7, 11) is 0. The van der Waals surface area contributed by atoms with Gasteiger partial charge in [-0.2, -0.15) is 8.78 Å². The molecule has 2 aromatic carbocycles. The van der Waals surface area contributed by atoms with E-state index in [1.165, 1.54) is 48.5 Å². The maximum atomic E-state index is 13.1. The summed E-state index contributed by atoms with van der Waals surface area (Å²) in [6.45, 7) is 3.71. The van der Waals surface area contributed by atoms with Crippen molar-refractivity contribution in [1.29, 1.82) is 0 Å². The number of ether oxygens (including phenoxy) is 6. The highest BCUT2D eigenvalue weighted by Gasteiger charge is 2.35. The maximum Gasteiger partial charge on any atom is 0.516 e. The highest BCUT2D eigenvalue weighted by Crippen LogP contribution is 2.37. The Hall–Kier alpha value is -4.66. The van der Waals surface area contributed by atoms with E-state index in [0.717, 1.165) is 59.9 Å². The topological polar surface area (TPSA) is 192 Å². The molecule has 20 heteroatoms. The van der Waals surface area contributed by atoms with Crippen molar-refractivity contribution in [2.24, 2.45) is 11.8 Å². The molecule has 0 bridgehead atoms. The monoisotopic (exact) mass is 856 g/mol. The lowest BCUT2D eigenvalue weighted by molar-refractivity contribution is -0.150. The Balaban J connectivity index is 1.33. The van der Waals surface area contributed by atoms with Crippen LogP contribution >= 0.6 is 47.0 Å². The first-order chi connectivity index (χ1) is 26.7. The van der Waals surface area contributed by atoms with Crippen molar-refractivity contribution < 1.29 is 75.6 Å². The lowest BCUT2D eigenvalue weighted by atomic mass is 9.81. The van der Waals surface area contributed by atoms with Crippen LogP contribution in [0.2, 0.25) is 0 Å². The molecule has 0 radical (unpaired) electrons. The molecule has 0 saturated heterocycles. The van der Waals surface area contributed by atoms with E-state index < -0.39 is 61.3 Å². The molecule has 0 amide bonds. The maximum absolute atomic E-state index is 13.1. The summed E-state index contributed by atoms with van der Waals surface area (Å²) < 4.78 is 52.4. The third kappa shape index (κ3) is 16.2. The summed E-state index contributed by atoms with van der Waals surface area (Å²) in [5.74, 6) is -4.95. The van der Waals surface area contributed by atoms with Crippen LogP contribution in [0.5, 0.6) is 11.5 Å². The summed E-state index contributed by atoms with van der Waals surface area (Å²) in [4.78, 5) is 96.7. The van der Waals surface area contributed by atoms with Crippen molar-refractivity contribution in [2.75, 3.05) is 36.6 Å². The summed E-state index contributed by atoms with van der Waals surface area (Å²) in [5, 5.41) is -0.767. The van der Waals surface area contributed by atoms with E-state index in [4.69, 9.17) is 9.47 Å². The van der Waals surface area contributed by atoms with Crippen LogP contribution in [0.25, 0.3) is 0 Å². The number of thioether (sulfide) groups is 4. The van der Waals surface area contributed by atoms with Gasteiger partial charge in [0.2, 0.25) is 35.5 Å². The van der Waals surface area contributed by atoms with Gasteiger partial charge in [0, 0.05) is 46.0 Å². The normalized spacial score (nSPS) is 14.7. The molecule has 0 heterocycles. The van der Waals surface area contributed by atoms with Crippen molar-refractivity contribution in [3.8, 4) is 11.5 Å². The van der Waals surface area contributed by atoms with Gasteiger partial charge in [-0.05, 0) is 61.4 Å². The van der Waals surface area contributed by atoms with Crippen LogP contribution in [-0.4, -0.2) is 81.3 Å². The van der Waals surface area contributed by atoms with E-state index in [9.17, 15) is 47.1 Å². The number of carbonyl (C=O) groups is 8. The van der Waals surface area contributed by atoms with E-state index in [2.05, 4.69) is 32.1 Å². The lowest BCUT2D eigenvalue weighted by Gasteiger charge is -2.28. The van der Waals surface area contributed by atoms with Gasteiger partial charge in [0.1, 0.15) is 11.5 Å². The molecule has 1 aliphatic carbocycles. The van der Waals surface area contributed by atoms with Crippen LogP contribution in [0.4, 0.5) is 18.4 Å². The van der Waals surface area contributed by atoms with Gasteiger partial charge in [0.05, 0.1) is 0 Å². The second-order valence-corrected chi connectivity index (χ2v) is 15.4. The summed E-state index contributed by atoms with van der Waals surface area (Å²) in [5.41, 5.74) is 0.626. The largest absolute Gasteiger partial charge is 0.516 e. The predicted molar refractivity (Wildman–Crippen MR) is 203 cm³/mol. The molecule has 0 aliphatic heterocycles. The van der Waals surface area contributed by atoms with Crippen molar-refractivity contribution >= 4 is 91.8 Å². The molecule has 1 aliphatic rings. The fraction of sp³-hybridized carbons (Fsp3) is 0.333. The Morgan fingerprint density at radius 1 is 0.536 bits per heavy atom. The number of rotatable bonds is 18. The lowest BCUT2D eigenvalue weighted by Crippen LogP contribution is -2.30. The molecule has 1 fully saturated rings. The molecule has 14 nitrogen and oxygen atoms in total. The van der Waals surface area contributed by atoms with Crippen molar-refractivity contribution in [1.82, 2.24) is 0 Å². The predicted octanol–water partition coefficient (Wildman–Crippen LogP) is 7.46. The minimum Gasteiger partial charge on any atom is -0.422 e.